The van der Waals surface area contributed by atoms with Gasteiger partial charge >= 0.3 is 0 Å². The molecular weight excluding hydrogens is 326 g/mol. The second-order valence-corrected chi connectivity index (χ2v) is 7.06. The quantitative estimate of drug-likeness (QED) is 0.712. The standard InChI is InChI=1S/C20H25N5O/c1-14-12-25(13-21-14)17-10-9-16(11-18(17)26-3)19-22-20(24(2)23-19)15-7-5-4-6-8-15/h9-13,15H,4-8H2,1-3H3. The van der Waals surface area contributed by atoms with Crippen molar-refractivity contribution in [2.24, 2.45) is 7.05 Å². The lowest BCUT2D eigenvalue weighted by molar-refractivity contribution is 0.413. The molecule has 0 bridgehead atoms. The average molecular weight is 351 g/mol. The highest BCUT2D eigenvalue weighted by Crippen LogP contribution is 2.33. The Balaban J connectivity index is 1.68. The summed E-state index contributed by atoms with van der Waals surface area (Å²) in [4.78, 5) is 9.16. The van der Waals surface area contributed by atoms with Crippen LogP contribution in [0.5, 0.6) is 5.75 Å². The van der Waals surface area contributed by atoms with Crippen LogP contribution in [0.4, 0.5) is 0 Å². The fourth-order valence-electron chi connectivity index (χ4n) is 3.82. The van der Waals surface area contributed by atoms with Gasteiger partial charge in [-0.15, -0.1) is 0 Å². The van der Waals surface area contributed by atoms with Gasteiger partial charge in [-0.05, 0) is 38.0 Å². The monoisotopic (exact) mass is 351 g/mol. The van der Waals surface area contributed by atoms with E-state index in [0.717, 1.165) is 34.3 Å². The summed E-state index contributed by atoms with van der Waals surface area (Å²) in [7, 11) is 3.69. The molecule has 2 heterocycles. The van der Waals surface area contributed by atoms with Crippen LogP contribution < -0.4 is 4.74 Å². The Labute approximate surface area is 153 Å². The van der Waals surface area contributed by atoms with Gasteiger partial charge in [0.1, 0.15) is 11.6 Å². The fourth-order valence-corrected chi connectivity index (χ4v) is 3.82. The van der Waals surface area contributed by atoms with Crippen LogP contribution in [-0.4, -0.2) is 31.4 Å². The average Bonchev–Trinajstić information content (AvgIpc) is 3.27. The van der Waals surface area contributed by atoms with Crippen LogP contribution in [-0.2, 0) is 7.05 Å². The molecule has 26 heavy (non-hydrogen) atoms. The molecule has 1 aliphatic rings. The van der Waals surface area contributed by atoms with Gasteiger partial charge in [-0.2, -0.15) is 5.10 Å². The number of aromatic nitrogens is 5. The fraction of sp³-hybridized carbons (Fsp3) is 0.450. The van der Waals surface area contributed by atoms with Crippen molar-refractivity contribution in [2.45, 2.75) is 44.9 Å². The van der Waals surface area contributed by atoms with Gasteiger partial charge < -0.3 is 9.30 Å². The summed E-state index contributed by atoms with van der Waals surface area (Å²) in [6, 6.07) is 6.09. The number of imidazole rings is 1. The maximum atomic E-state index is 5.61. The SMILES string of the molecule is COc1cc(-c2nc(C3CCCCC3)n(C)n2)ccc1-n1cnc(C)c1. The molecule has 1 aromatic carbocycles. The molecule has 6 heteroatoms. The number of rotatable bonds is 4. The minimum Gasteiger partial charge on any atom is -0.495 e. The first kappa shape index (κ1) is 16.8. The Morgan fingerprint density at radius 3 is 2.65 bits per heavy atom. The van der Waals surface area contributed by atoms with Gasteiger partial charge in [0, 0.05) is 24.7 Å². The second-order valence-electron chi connectivity index (χ2n) is 7.06. The molecule has 0 radical (unpaired) electrons. The first-order valence-corrected chi connectivity index (χ1v) is 9.26. The zero-order valence-corrected chi connectivity index (χ0v) is 15.6. The number of aryl methyl sites for hydroxylation is 2. The van der Waals surface area contributed by atoms with Crippen LogP contribution in [0.25, 0.3) is 17.1 Å². The lowest BCUT2D eigenvalue weighted by atomic mass is 9.89. The highest BCUT2D eigenvalue weighted by Gasteiger charge is 2.22. The number of hydrogen-bond donors (Lipinski definition) is 0. The zero-order valence-electron chi connectivity index (χ0n) is 15.6. The molecule has 136 valence electrons. The van der Waals surface area contributed by atoms with Crippen molar-refractivity contribution in [3.63, 3.8) is 0 Å². The van der Waals surface area contributed by atoms with E-state index in [-0.39, 0.29) is 0 Å². The van der Waals surface area contributed by atoms with Gasteiger partial charge in [0.2, 0.25) is 0 Å². The van der Waals surface area contributed by atoms with E-state index in [1.54, 1.807) is 13.4 Å². The molecule has 1 fully saturated rings. The Morgan fingerprint density at radius 1 is 1.15 bits per heavy atom. The van der Waals surface area contributed by atoms with Gasteiger partial charge in [-0.1, -0.05) is 19.3 Å². The number of ether oxygens (including phenoxy) is 1. The Bertz CT molecular complexity index is 905. The molecular formula is C20H25N5O. The third kappa shape index (κ3) is 3.11. The molecule has 0 atom stereocenters. The third-order valence-electron chi connectivity index (χ3n) is 5.19. The van der Waals surface area contributed by atoms with E-state index in [2.05, 4.69) is 10.1 Å². The van der Waals surface area contributed by atoms with E-state index in [1.807, 2.05) is 47.6 Å². The van der Waals surface area contributed by atoms with Gasteiger partial charge in [-0.25, -0.2) is 9.97 Å². The highest BCUT2D eigenvalue weighted by atomic mass is 16.5. The lowest BCUT2D eigenvalue weighted by Gasteiger charge is -2.20. The molecule has 1 aliphatic carbocycles. The number of methoxy groups -OCH3 is 1. The molecule has 0 saturated heterocycles. The molecule has 0 spiro atoms. The van der Waals surface area contributed by atoms with Crippen molar-refractivity contribution in [3.8, 4) is 22.8 Å². The molecule has 0 amide bonds. The predicted molar refractivity (Wildman–Crippen MR) is 101 cm³/mol. The van der Waals surface area contributed by atoms with E-state index in [9.17, 15) is 0 Å². The second kappa shape index (κ2) is 6.94. The van der Waals surface area contributed by atoms with Crippen LogP contribution >= 0.6 is 0 Å². The van der Waals surface area contributed by atoms with E-state index >= 15 is 0 Å². The van der Waals surface area contributed by atoms with Crippen molar-refractivity contribution in [1.82, 2.24) is 24.3 Å². The minimum atomic E-state index is 0.532. The summed E-state index contributed by atoms with van der Waals surface area (Å²) >= 11 is 0. The van der Waals surface area contributed by atoms with Gasteiger partial charge in [0.25, 0.3) is 0 Å². The molecule has 2 aromatic heterocycles. The van der Waals surface area contributed by atoms with Crippen LogP contribution in [0.1, 0.15) is 49.5 Å². The van der Waals surface area contributed by atoms with Crippen molar-refractivity contribution in [1.29, 1.82) is 0 Å². The molecule has 3 aromatic rings. The minimum absolute atomic E-state index is 0.532. The summed E-state index contributed by atoms with van der Waals surface area (Å²) in [5, 5.41) is 4.67. The smallest absolute Gasteiger partial charge is 0.181 e. The maximum absolute atomic E-state index is 5.61. The molecule has 4 rings (SSSR count). The molecule has 1 saturated carbocycles. The van der Waals surface area contributed by atoms with Gasteiger partial charge in [0.15, 0.2) is 5.82 Å². The zero-order chi connectivity index (χ0) is 18.1. The topological polar surface area (TPSA) is 57.8 Å². The van der Waals surface area contributed by atoms with E-state index in [4.69, 9.17) is 9.72 Å². The molecule has 0 N–H and O–H groups in total. The highest BCUT2D eigenvalue weighted by molar-refractivity contribution is 5.63. The summed E-state index contributed by atoms with van der Waals surface area (Å²) < 4.78 is 9.53. The van der Waals surface area contributed by atoms with Crippen molar-refractivity contribution >= 4 is 0 Å². The summed E-state index contributed by atoms with van der Waals surface area (Å²) in [6.45, 7) is 1.97. The molecule has 6 nitrogen and oxygen atoms in total. The van der Waals surface area contributed by atoms with E-state index < -0.39 is 0 Å². The van der Waals surface area contributed by atoms with Gasteiger partial charge in [0.05, 0.1) is 24.8 Å². The van der Waals surface area contributed by atoms with E-state index in [1.165, 1.54) is 32.1 Å². The third-order valence-corrected chi connectivity index (χ3v) is 5.19. The molecule has 0 unspecified atom stereocenters. The normalized spacial score (nSPS) is 15.3. The number of hydrogen-bond acceptors (Lipinski definition) is 4. The van der Waals surface area contributed by atoms with E-state index in [0.29, 0.717) is 5.92 Å². The Morgan fingerprint density at radius 2 is 1.96 bits per heavy atom. The van der Waals surface area contributed by atoms with Crippen LogP contribution in [0.15, 0.2) is 30.7 Å². The van der Waals surface area contributed by atoms with Crippen LogP contribution in [0, 0.1) is 6.92 Å². The van der Waals surface area contributed by atoms with Crippen molar-refractivity contribution < 1.29 is 4.74 Å². The summed E-state index contributed by atoms with van der Waals surface area (Å²) in [5.41, 5.74) is 2.90. The Kier molecular flexibility index (Phi) is 4.49. The predicted octanol–water partition coefficient (Wildman–Crippen LogP) is 4.03. The summed E-state index contributed by atoms with van der Waals surface area (Å²) in [5.74, 6) is 3.18. The molecule has 0 aliphatic heterocycles. The lowest BCUT2D eigenvalue weighted by Crippen LogP contribution is -2.10. The van der Waals surface area contributed by atoms with Crippen LogP contribution in [0.2, 0.25) is 0 Å². The van der Waals surface area contributed by atoms with Gasteiger partial charge in [-0.3, -0.25) is 4.68 Å². The first-order valence-electron chi connectivity index (χ1n) is 9.26. The first-order chi connectivity index (χ1) is 12.7. The van der Waals surface area contributed by atoms with Crippen LogP contribution in [0.3, 0.4) is 0 Å². The summed E-state index contributed by atoms with van der Waals surface area (Å²) in [6.07, 6.45) is 10.1. The van der Waals surface area contributed by atoms with Crippen molar-refractivity contribution in [2.75, 3.05) is 7.11 Å². The number of benzene rings is 1. The van der Waals surface area contributed by atoms with Crippen molar-refractivity contribution in [3.05, 3.63) is 42.2 Å². The number of nitrogens with zero attached hydrogens (tertiary/aromatic N) is 5. The largest absolute Gasteiger partial charge is 0.495 e. The maximum Gasteiger partial charge on any atom is 0.181 e. The Hall–Kier alpha value is -2.63.